The molecule has 0 atom stereocenters. The zero-order valence-electron chi connectivity index (χ0n) is 13.1. The van der Waals surface area contributed by atoms with Crippen LogP contribution in [0.25, 0.3) is 0 Å². The number of hydrogen-bond acceptors (Lipinski definition) is 5. The molecule has 6 heteroatoms. The molecular formula is C16H24N4O2. The normalized spacial score (nSPS) is 25.4. The third-order valence-electron chi connectivity index (χ3n) is 4.98. The molecule has 1 aliphatic carbocycles. The molecule has 0 bridgehead atoms. The van der Waals surface area contributed by atoms with E-state index in [2.05, 4.69) is 16.8 Å². The number of fused-ring (bicyclic) bond motifs is 1. The summed E-state index contributed by atoms with van der Waals surface area (Å²) in [6, 6.07) is 6.20. The molecule has 3 rings (SSSR count). The highest BCUT2D eigenvalue weighted by Gasteiger charge is 2.26. The van der Waals surface area contributed by atoms with Gasteiger partial charge in [-0.25, -0.2) is 0 Å². The molecule has 1 aromatic rings. The number of nitrogens with two attached hydrogens (primary N) is 1. The Morgan fingerprint density at radius 3 is 2.64 bits per heavy atom. The summed E-state index contributed by atoms with van der Waals surface area (Å²) >= 11 is 0. The average Bonchev–Trinajstić information content (AvgIpc) is 2.88. The third-order valence-corrected chi connectivity index (χ3v) is 4.98. The van der Waals surface area contributed by atoms with Gasteiger partial charge >= 0.3 is 0 Å². The van der Waals surface area contributed by atoms with Gasteiger partial charge in [-0.3, -0.25) is 19.9 Å². The van der Waals surface area contributed by atoms with Crippen molar-refractivity contribution in [2.24, 2.45) is 5.73 Å². The first-order chi connectivity index (χ1) is 10.5. The molecule has 6 nitrogen and oxygen atoms in total. The Bertz CT molecular complexity index is 555. The van der Waals surface area contributed by atoms with Crippen LogP contribution in [0.3, 0.4) is 0 Å². The van der Waals surface area contributed by atoms with Gasteiger partial charge in [0.15, 0.2) is 0 Å². The molecule has 0 unspecified atom stereocenters. The van der Waals surface area contributed by atoms with Crippen molar-refractivity contribution in [3.63, 3.8) is 0 Å². The fourth-order valence-electron chi connectivity index (χ4n) is 3.64. The number of benzene rings is 1. The Hall–Kier alpha value is -1.50. The maximum absolute atomic E-state index is 10.9. The van der Waals surface area contributed by atoms with E-state index >= 15 is 0 Å². The van der Waals surface area contributed by atoms with Crippen molar-refractivity contribution < 1.29 is 4.92 Å². The third kappa shape index (κ3) is 3.29. The van der Waals surface area contributed by atoms with Crippen LogP contribution in [0.4, 0.5) is 5.69 Å². The van der Waals surface area contributed by atoms with E-state index in [0.29, 0.717) is 12.1 Å². The van der Waals surface area contributed by atoms with Crippen LogP contribution < -0.4 is 5.73 Å². The van der Waals surface area contributed by atoms with Gasteiger partial charge in [-0.1, -0.05) is 6.07 Å². The van der Waals surface area contributed by atoms with Crippen LogP contribution in [0.5, 0.6) is 0 Å². The average molecular weight is 304 g/mol. The Balaban J connectivity index is 1.58. The second-order valence-corrected chi connectivity index (χ2v) is 6.66. The molecule has 22 heavy (non-hydrogen) atoms. The number of nitrogens with zero attached hydrogens (tertiary/aromatic N) is 3. The quantitative estimate of drug-likeness (QED) is 0.681. The van der Waals surface area contributed by atoms with E-state index in [9.17, 15) is 10.1 Å². The van der Waals surface area contributed by atoms with Crippen molar-refractivity contribution in [2.75, 3.05) is 13.7 Å². The Morgan fingerprint density at radius 2 is 1.95 bits per heavy atom. The lowest BCUT2D eigenvalue weighted by Gasteiger charge is -2.35. The molecule has 1 heterocycles. The number of nitro groups is 1. The Kier molecular flexibility index (Phi) is 4.42. The van der Waals surface area contributed by atoms with E-state index in [1.807, 2.05) is 6.07 Å². The standard InChI is InChI=1S/C16H24N4O2/c1-18(15-6-3-14(17)4-7-15)11-19-9-12-2-5-16(20(21)22)8-13(12)10-19/h2,5,8,14-15H,3-4,6-7,9-11,17H2,1H3/t14-,15-. The monoisotopic (exact) mass is 304 g/mol. The maximum Gasteiger partial charge on any atom is 0.269 e. The molecule has 0 radical (unpaired) electrons. The van der Waals surface area contributed by atoms with Crippen LogP contribution in [0.1, 0.15) is 36.8 Å². The molecule has 1 aliphatic heterocycles. The fraction of sp³-hybridized carbons (Fsp3) is 0.625. The predicted molar refractivity (Wildman–Crippen MR) is 85.2 cm³/mol. The lowest BCUT2D eigenvalue weighted by Crippen LogP contribution is -2.43. The van der Waals surface area contributed by atoms with Crippen molar-refractivity contribution in [2.45, 2.75) is 50.9 Å². The van der Waals surface area contributed by atoms with Crippen molar-refractivity contribution >= 4 is 5.69 Å². The summed E-state index contributed by atoms with van der Waals surface area (Å²) < 4.78 is 0. The summed E-state index contributed by atoms with van der Waals surface area (Å²) in [5.74, 6) is 0. The molecule has 2 N–H and O–H groups in total. The molecule has 1 fully saturated rings. The van der Waals surface area contributed by atoms with E-state index < -0.39 is 0 Å². The van der Waals surface area contributed by atoms with E-state index in [4.69, 9.17) is 5.73 Å². The largest absolute Gasteiger partial charge is 0.328 e. The van der Waals surface area contributed by atoms with Gasteiger partial charge in [-0.15, -0.1) is 0 Å². The van der Waals surface area contributed by atoms with Gasteiger partial charge in [0.05, 0.1) is 11.6 Å². The minimum atomic E-state index is -0.319. The molecule has 1 saturated carbocycles. The second kappa shape index (κ2) is 6.32. The molecule has 0 saturated heterocycles. The smallest absolute Gasteiger partial charge is 0.269 e. The van der Waals surface area contributed by atoms with Gasteiger partial charge in [0, 0.05) is 37.3 Å². The predicted octanol–water partition coefficient (Wildman–Crippen LogP) is 2.07. The fourth-order valence-corrected chi connectivity index (χ4v) is 3.64. The van der Waals surface area contributed by atoms with E-state index in [0.717, 1.165) is 38.2 Å². The first-order valence-corrected chi connectivity index (χ1v) is 7.97. The summed E-state index contributed by atoms with van der Waals surface area (Å²) in [6.45, 7) is 2.58. The van der Waals surface area contributed by atoms with Crippen molar-refractivity contribution in [3.05, 3.63) is 39.4 Å². The summed E-state index contributed by atoms with van der Waals surface area (Å²) in [5.41, 5.74) is 8.47. The highest BCUT2D eigenvalue weighted by Crippen LogP contribution is 2.28. The molecule has 120 valence electrons. The van der Waals surface area contributed by atoms with Gasteiger partial charge < -0.3 is 5.73 Å². The van der Waals surface area contributed by atoms with Crippen molar-refractivity contribution in [1.29, 1.82) is 0 Å². The Morgan fingerprint density at radius 1 is 1.27 bits per heavy atom. The van der Waals surface area contributed by atoms with Gasteiger partial charge in [0.2, 0.25) is 0 Å². The maximum atomic E-state index is 10.9. The van der Waals surface area contributed by atoms with Crippen LogP contribution in [0.15, 0.2) is 18.2 Å². The molecule has 0 spiro atoms. The summed E-state index contributed by atoms with van der Waals surface area (Å²) in [5, 5.41) is 10.9. The zero-order chi connectivity index (χ0) is 15.7. The van der Waals surface area contributed by atoms with Gasteiger partial charge in [-0.05, 0) is 43.9 Å². The van der Waals surface area contributed by atoms with Crippen molar-refractivity contribution in [1.82, 2.24) is 9.80 Å². The first kappa shape index (κ1) is 15.4. The minimum Gasteiger partial charge on any atom is -0.328 e. The lowest BCUT2D eigenvalue weighted by molar-refractivity contribution is -0.384. The van der Waals surface area contributed by atoms with Crippen LogP contribution >= 0.6 is 0 Å². The number of non-ortho nitro benzene ring substituents is 1. The van der Waals surface area contributed by atoms with Gasteiger partial charge in [0.25, 0.3) is 5.69 Å². The van der Waals surface area contributed by atoms with E-state index in [1.165, 1.54) is 18.4 Å². The van der Waals surface area contributed by atoms with Crippen LogP contribution in [0.2, 0.25) is 0 Å². The van der Waals surface area contributed by atoms with Gasteiger partial charge in [-0.2, -0.15) is 0 Å². The van der Waals surface area contributed by atoms with E-state index in [1.54, 1.807) is 12.1 Å². The zero-order valence-corrected chi connectivity index (χ0v) is 13.1. The molecule has 1 aromatic carbocycles. The molecule has 2 aliphatic rings. The van der Waals surface area contributed by atoms with Crippen LogP contribution in [0, 0.1) is 10.1 Å². The number of hydrogen-bond donors (Lipinski definition) is 1. The molecule has 0 amide bonds. The number of nitro benzene ring substituents is 1. The molecule has 0 aromatic heterocycles. The van der Waals surface area contributed by atoms with Gasteiger partial charge in [0.1, 0.15) is 0 Å². The topological polar surface area (TPSA) is 75.6 Å². The first-order valence-electron chi connectivity index (χ1n) is 7.97. The minimum absolute atomic E-state index is 0.190. The SMILES string of the molecule is CN(CN1Cc2ccc([N+](=O)[O-])cc2C1)[C@H]1CC[C@H](N)CC1. The summed E-state index contributed by atoms with van der Waals surface area (Å²) in [4.78, 5) is 15.3. The highest BCUT2D eigenvalue weighted by molar-refractivity contribution is 5.41. The van der Waals surface area contributed by atoms with Crippen molar-refractivity contribution in [3.8, 4) is 0 Å². The summed E-state index contributed by atoms with van der Waals surface area (Å²) in [6.07, 6.45) is 4.57. The second-order valence-electron chi connectivity index (χ2n) is 6.66. The molecular weight excluding hydrogens is 280 g/mol. The van der Waals surface area contributed by atoms with Crippen LogP contribution in [-0.2, 0) is 13.1 Å². The number of rotatable bonds is 4. The lowest BCUT2D eigenvalue weighted by atomic mass is 9.91. The van der Waals surface area contributed by atoms with E-state index in [-0.39, 0.29) is 10.6 Å². The Labute approximate surface area is 131 Å². The summed E-state index contributed by atoms with van der Waals surface area (Å²) in [7, 11) is 2.17. The highest BCUT2D eigenvalue weighted by atomic mass is 16.6. The van der Waals surface area contributed by atoms with Crippen LogP contribution in [-0.4, -0.2) is 40.5 Å².